The highest BCUT2D eigenvalue weighted by atomic mass is 16.5. The van der Waals surface area contributed by atoms with Crippen molar-refractivity contribution in [1.82, 2.24) is 9.88 Å². The minimum Gasteiger partial charge on any atom is -0.497 e. The SMILES string of the molecule is COc1ccc(Oc2ccccc2CN2CCC(N(C)c3ncccc3C(=O)OC(C)C)C2)cc1. The number of hydrogen-bond acceptors (Lipinski definition) is 7. The van der Waals surface area contributed by atoms with E-state index in [2.05, 4.69) is 20.9 Å². The Balaban J connectivity index is 1.43. The lowest BCUT2D eigenvalue weighted by Gasteiger charge is -2.27. The van der Waals surface area contributed by atoms with Gasteiger partial charge in [-0.15, -0.1) is 0 Å². The van der Waals surface area contributed by atoms with Crippen LogP contribution in [0.2, 0.25) is 0 Å². The average Bonchev–Trinajstić information content (AvgIpc) is 3.33. The van der Waals surface area contributed by atoms with Gasteiger partial charge in [0.25, 0.3) is 0 Å². The van der Waals surface area contributed by atoms with Gasteiger partial charge in [0.2, 0.25) is 0 Å². The zero-order valence-electron chi connectivity index (χ0n) is 20.8. The Hall–Kier alpha value is -3.58. The lowest BCUT2D eigenvalue weighted by molar-refractivity contribution is 0.0378. The summed E-state index contributed by atoms with van der Waals surface area (Å²) < 4.78 is 16.8. The number of para-hydroxylation sites is 1. The lowest BCUT2D eigenvalue weighted by atomic mass is 10.2. The van der Waals surface area contributed by atoms with E-state index in [9.17, 15) is 4.79 Å². The van der Waals surface area contributed by atoms with Gasteiger partial charge in [0, 0.05) is 44.5 Å². The molecule has 7 heteroatoms. The number of aromatic nitrogens is 1. The topological polar surface area (TPSA) is 64.1 Å². The molecule has 0 amide bonds. The third kappa shape index (κ3) is 6.11. The van der Waals surface area contributed by atoms with Gasteiger partial charge < -0.3 is 19.1 Å². The van der Waals surface area contributed by atoms with E-state index < -0.39 is 0 Å². The number of likely N-dealkylation sites (N-methyl/N-ethyl adjacent to an activating group) is 1. The summed E-state index contributed by atoms with van der Waals surface area (Å²) in [5.41, 5.74) is 1.63. The fourth-order valence-corrected chi connectivity index (χ4v) is 4.31. The first-order chi connectivity index (χ1) is 16.9. The molecule has 1 aromatic heterocycles. The van der Waals surface area contributed by atoms with E-state index in [0.29, 0.717) is 11.4 Å². The Kier molecular flexibility index (Phi) is 7.87. The van der Waals surface area contributed by atoms with Gasteiger partial charge in [0.1, 0.15) is 28.6 Å². The summed E-state index contributed by atoms with van der Waals surface area (Å²) >= 11 is 0. The van der Waals surface area contributed by atoms with E-state index in [0.717, 1.165) is 48.9 Å². The number of esters is 1. The predicted octanol–water partition coefficient (Wildman–Crippen LogP) is 5.16. The van der Waals surface area contributed by atoms with Crippen LogP contribution in [0.1, 0.15) is 36.2 Å². The Morgan fingerprint density at radius 3 is 2.57 bits per heavy atom. The Morgan fingerprint density at radius 1 is 1.09 bits per heavy atom. The van der Waals surface area contributed by atoms with Crippen molar-refractivity contribution < 1.29 is 19.0 Å². The van der Waals surface area contributed by atoms with Gasteiger partial charge in [-0.2, -0.15) is 0 Å². The highest BCUT2D eigenvalue weighted by Gasteiger charge is 2.29. The largest absolute Gasteiger partial charge is 0.497 e. The standard InChI is InChI=1S/C28H33N3O4/c1-20(2)34-28(32)25-9-7-16-29-27(25)30(3)22-15-17-31(19-22)18-21-8-5-6-10-26(21)35-24-13-11-23(33-4)12-14-24/h5-14,16,20,22H,15,17-19H2,1-4H3. The van der Waals surface area contributed by atoms with Crippen LogP contribution in [-0.4, -0.2) is 55.2 Å². The molecule has 4 rings (SSSR count). The van der Waals surface area contributed by atoms with Crippen LogP contribution in [0.5, 0.6) is 17.2 Å². The van der Waals surface area contributed by atoms with Crippen LogP contribution >= 0.6 is 0 Å². The molecule has 0 N–H and O–H groups in total. The molecule has 1 saturated heterocycles. The van der Waals surface area contributed by atoms with Gasteiger partial charge >= 0.3 is 5.97 Å². The second-order valence-electron chi connectivity index (χ2n) is 9.00. The molecule has 2 heterocycles. The van der Waals surface area contributed by atoms with Gasteiger partial charge in [-0.05, 0) is 62.7 Å². The second kappa shape index (κ2) is 11.2. The number of ether oxygens (including phenoxy) is 3. The molecule has 0 aliphatic carbocycles. The van der Waals surface area contributed by atoms with Crippen LogP contribution in [0.3, 0.4) is 0 Å². The van der Waals surface area contributed by atoms with Crippen molar-refractivity contribution in [3.05, 3.63) is 78.0 Å². The fourth-order valence-electron chi connectivity index (χ4n) is 4.31. The number of carbonyl (C=O) groups is 1. The molecule has 0 saturated carbocycles. The van der Waals surface area contributed by atoms with Crippen molar-refractivity contribution in [3.63, 3.8) is 0 Å². The van der Waals surface area contributed by atoms with E-state index in [4.69, 9.17) is 14.2 Å². The third-order valence-corrected chi connectivity index (χ3v) is 6.13. The average molecular weight is 476 g/mol. The van der Waals surface area contributed by atoms with Crippen molar-refractivity contribution >= 4 is 11.8 Å². The summed E-state index contributed by atoms with van der Waals surface area (Å²) in [6.45, 7) is 6.29. The second-order valence-corrected chi connectivity index (χ2v) is 9.00. The highest BCUT2D eigenvalue weighted by Crippen LogP contribution is 2.30. The molecule has 1 fully saturated rings. The number of benzene rings is 2. The zero-order chi connectivity index (χ0) is 24.8. The number of methoxy groups -OCH3 is 1. The Morgan fingerprint density at radius 2 is 1.83 bits per heavy atom. The van der Waals surface area contributed by atoms with E-state index in [1.165, 1.54) is 0 Å². The van der Waals surface area contributed by atoms with Crippen molar-refractivity contribution in [3.8, 4) is 17.2 Å². The van der Waals surface area contributed by atoms with Crippen LogP contribution in [0, 0.1) is 0 Å². The lowest BCUT2D eigenvalue weighted by Crippen LogP contribution is -2.36. The maximum absolute atomic E-state index is 12.6. The first kappa shape index (κ1) is 24.5. The molecule has 0 spiro atoms. The quantitative estimate of drug-likeness (QED) is 0.396. The normalized spacial score (nSPS) is 15.7. The smallest absolute Gasteiger partial charge is 0.342 e. The Labute approximate surface area is 207 Å². The van der Waals surface area contributed by atoms with E-state index >= 15 is 0 Å². The van der Waals surface area contributed by atoms with E-state index in [1.54, 1.807) is 25.4 Å². The molecule has 1 aliphatic rings. The molecule has 1 atom stereocenters. The van der Waals surface area contributed by atoms with Crippen molar-refractivity contribution in [2.24, 2.45) is 0 Å². The van der Waals surface area contributed by atoms with Crippen molar-refractivity contribution in [1.29, 1.82) is 0 Å². The number of hydrogen-bond donors (Lipinski definition) is 0. The molecule has 0 bridgehead atoms. The minimum absolute atomic E-state index is 0.178. The molecular weight excluding hydrogens is 442 g/mol. The van der Waals surface area contributed by atoms with Gasteiger partial charge in [-0.25, -0.2) is 9.78 Å². The van der Waals surface area contributed by atoms with E-state index in [1.807, 2.05) is 63.4 Å². The van der Waals surface area contributed by atoms with Crippen LogP contribution in [0.15, 0.2) is 66.9 Å². The monoisotopic (exact) mass is 475 g/mol. The molecule has 35 heavy (non-hydrogen) atoms. The summed E-state index contributed by atoms with van der Waals surface area (Å²) in [5.74, 6) is 2.74. The first-order valence-electron chi connectivity index (χ1n) is 12.0. The summed E-state index contributed by atoms with van der Waals surface area (Å²) in [6, 6.07) is 19.5. The fraction of sp³-hybridized carbons (Fsp3) is 0.357. The summed E-state index contributed by atoms with van der Waals surface area (Å²) in [5, 5.41) is 0. The predicted molar refractivity (Wildman–Crippen MR) is 136 cm³/mol. The summed E-state index contributed by atoms with van der Waals surface area (Å²) in [4.78, 5) is 21.6. The summed E-state index contributed by atoms with van der Waals surface area (Å²) in [6.07, 6.45) is 2.52. The van der Waals surface area contributed by atoms with Crippen LogP contribution in [-0.2, 0) is 11.3 Å². The van der Waals surface area contributed by atoms with Gasteiger partial charge in [-0.3, -0.25) is 4.90 Å². The number of likely N-dealkylation sites (tertiary alicyclic amines) is 1. The number of anilines is 1. The Bertz CT molecular complexity index is 1130. The molecule has 7 nitrogen and oxygen atoms in total. The zero-order valence-corrected chi connectivity index (χ0v) is 20.8. The maximum Gasteiger partial charge on any atom is 0.342 e. The van der Waals surface area contributed by atoms with Crippen LogP contribution < -0.4 is 14.4 Å². The number of rotatable bonds is 9. The third-order valence-electron chi connectivity index (χ3n) is 6.13. The molecule has 0 radical (unpaired) electrons. The molecule has 3 aromatic rings. The van der Waals surface area contributed by atoms with Crippen LogP contribution in [0.25, 0.3) is 0 Å². The molecule has 1 aliphatic heterocycles. The van der Waals surface area contributed by atoms with Gasteiger partial charge in [0.05, 0.1) is 13.2 Å². The van der Waals surface area contributed by atoms with Crippen molar-refractivity contribution in [2.75, 3.05) is 32.1 Å². The number of carbonyl (C=O) groups excluding carboxylic acids is 1. The molecular formula is C28H33N3O4. The first-order valence-corrected chi connectivity index (χ1v) is 12.0. The summed E-state index contributed by atoms with van der Waals surface area (Å²) in [7, 11) is 3.65. The number of pyridine rings is 1. The van der Waals surface area contributed by atoms with Crippen molar-refractivity contribution in [2.45, 2.75) is 39.0 Å². The van der Waals surface area contributed by atoms with Gasteiger partial charge in [-0.1, -0.05) is 18.2 Å². The minimum atomic E-state index is -0.339. The van der Waals surface area contributed by atoms with Crippen LogP contribution in [0.4, 0.5) is 5.82 Å². The van der Waals surface area contributed by atoms with E-state index in [-0.39, 0.29) is 18.1 Å². The number of nitrogens with zero attached hydrogens (tertiary/aromatic N) is 3. The maximum atomic E-state index is 12.6. The molecule has 2 aromatic carbocycles. The van der Waals surface area contributed by atoms with Gasteiger partial charge in [0.15, 0.2) is 0 Å². The molecule has 1 unspecified atom stereocenters. The highest BCUT2D eigenvalue weighted by molar-refractivity contribution is 5.94. The molecule has 184 valence electrons.